The van der Waals surface area contributed by atoms with Crippen LogP contribution in [-0.2, 0) is 24.4 Å². The zero-order valence-electron chi connectivity index (χ0n) is 14.8. The van der Waals surface area contributed by atoms with Crippen molar-refractivity contribution in [2.24, 2.45) is 0 Å². The molecule has 0 heterocycles. The third-order valence-corrected chi connectivity index (χ3v) is 3.87. The number of benzene rings is 2. The number of nitrogens with one attached hydrogen (secondary N) is 1. The molecule has 2 aromatic carbocycles. The Bertz CT molecular complexity index is 691. The van der Waals surface area contributed by atoms with Crippen LogP contribution in [0.4, 0.5) is 9.18 Å². The van der Waals surface area contributed by atoms with E-state index >= 15 is 0 Å². The van der Waals surface area contributed by atoms with Gasteiger partial charge < -0.3 is 15.0 Å². The summed E-state index contributed by atoms with van der Waals surface area (Å²) in [5.74, 6) is -0.305. The number of hydrogen-bond acceptors (Lipinski definition) is 2. The van der Waals surface area contributed by atoms with Crippen LogP contribution in [0.5, 0.6) is 0 Å². The maximum Gasteiger partial charge on any atom is 0.317 e. The first kappa shape index (κ1) is 18.9. The van der Waals surface area contributed by atoms with Gasteiger partial charge >= 0.3 is 6.03 Å². The van der Waals surface area contributed by atoms with Gasteiger partial charge in [0.15, 0.2) is 0 Å². The van der Waals surface area contributed by atoms with Gasteiger partial charge in [-0.2, -0.15) is 0 Å². The van der Waals surface area contributed by atoms with E-state index in [0.717, 1.165) is 17.5 Å². The first-order valence-electron chi connectivity index (χ1n) is 8.48. The number of amides is 2. The summed E-state index contributed by atoms with van der Waals surface area (Å²) in [7, 11) is 1.65. The van der Waals surface area contributed by atoms with E-state index in [1.807, 2.05) is 24.3 Å². The molecule has 1 N–H and O–H groups in total. The number of ether oxygens (including phenoxy) is 1. The van der Waals surface area contributed by atoms with E-state index in [9.17, 15) is 9.18 Å². The van der Waals surface area contributed by atoms with E-state index in [-0.39, 0.29) is 18.4 Å². The van der Waals surface area contributed by atoms with Gasteiger partial charge in [0.25, 0.3) is 0 Å². The fraction of sp³-hybridized carbons (Fsp3) is 0.350. The minimum Gasteiger partial charge on any atom is -0.377 e. The molecule has 5 heteroatoms. The van der Waals surface area contributed by atoms with Gasteiger partial charge in [-0.05, 0) is 23.6 Å². The number of nitrogens with zero attached hydrogens (tertiary/aromatic N) is 1. The number of halogens is 1. The highest BCUT2D eigenvalue weighted by molar-refractivity contribution is 5.73. The van der Waals surface area contributed by atoms with Gasteiger partial charge in [0, 0.05) is 32.3 Å². The summed E-state index contributed by atoms with van der Waals surface area (Å²) in [6, 6.07) is 14.1. The van der Waals surface area contributed by atoms with E-state index in [1.54, 1.807) is 25.2 Å². The Morgan fingerprint density at radius 1 is 1.08 bits per heavy atom. The largest absolute Gasteiger partial charge is 0.377 e. The van der Waals surface area contributed by atoms with Crippen LogP contribution in [0, 0.1) is 5.82 Å². The first-order valence-corrected chi connectivity index (χ1v) is 8.48. The molecule has 0 bridgehead atoms. The molecule has 0 atom stereocenters. The van der Waals surface area contributed by atoms with Gasteiger partial charge in [-0.1, -0.05) is 49.4 Å². The Morgan fingerprint density at radius 3 is 2.40 bits per heavy atom. The average Bonchev–Trinajstić information content (AvgIpc) is 2.62. The van der Waals surface area contributed by atoms with Crippen molar-refractivity contribution in [2.45, 2.75) is 33.0 Å². The Balaban J connectivity index is 1.90. The number of rotatable bonds is 8. The molecule has 2 aromatic rings. The summed E-state index contributed by atoms with van der Waals surface area (Å²) in [5.41, 5.74) is 2.58. The van der Waals surface area contributed by atoms with Gasteiger partial charge in [0.2, 0.25) is 0 Å². The van der Waals surface area contributed by atoms with Gasteiger partial charge in [-0.3, -0.25) is 0 Å². The van der Waals surface area contributed by atoms with Crippen LogP contribution in [0.25, 0.3) is 0 Å². The molecule has 0 saturated heterocycles. The van der Waals surface area contributed by atoms with Crippen LogP contribution in [0.15, 0.2) is 48.5 Å². The van der Waals surface area contributed by atoms with Gasteiger partial charge in [0.1, 0.15) is 5.82 Å². The molecule has 2 rings (SSSR count). The third kappa shape index (κ3) is 5.87. The summed E-state index contributed by atoms with van der Waals surface area (Å²) >= 11 is 0. The van der Waals surface area contributed by atoms with Crippen molar-refractivity contribution in [1.82, 2.24) is 10.2 Å². The standard InChI is InChI=1S/C20H25FN2O2/c1-3-12-25-15-18-10-5-4-8-16(18)13-22-20(24)23(2)14-17-9-6-7-11-19(17)21/h4-11H,3,12-15H2,1-2H3,(H,22,24). The van der Waals surface area contributed by atoms with Crippen LogP contribution in [-0.4, -0.2) is 24.6 Å². The SMILES string of the molecule is CCCOCc1ccccc1CNC(=O)N(C)Cc1ccccc1F. The molecule has 4 nitrogen and oxygen atoms in total. The third-order valence-electron chi connectivity index (χ3n) is 3.87. The topological polar surface area (TPSA) is 41.6 Å². The number of carbonyl (C=O) groups is 1. The van der Waals surface area contributed by atoms with Crippen LogP contribution < -0.4 is 5.32 Å². The minimum atomic E-state index is -0.305. The smallest absolute Gasteiger partial charge is 0.317 e. The van der Waals surface area contributed by atoms with Crippen LogP contribution in [0.2, 0.25) is 0 Å². The molecule has 0 aliphatic heterocycles. The molecule has 0 unspecified atom stereocenters. The fourth-order valence-corrected chi connectivity index (χ4v) is 2.46. The predicted molar refractivity (Wildman–Crippen MR) is 96.5 cm³/mol. The fourth-order valence-electron chi connectivity index (χ4n) is 2.46. The summed E-state index contributed by atoms with van der Waals surface area (Å²) in [5, 5.41) is 2.88. The lowest BCUT2D eigenvalue weighted by molar-refractivity contribution is 0.121. The highest BCUT2D eigenvalue weighted by Crippen LogP contribution is 2.12. The summed E-state index contributed by atoms with van der Waals surface area (Å²) in [6.45, 7) is 3.94. The first-order chi connectivity index (χ1) is 12.1. The molecule has 0 fully saturated rings. The molecule has 0 radical (unpaired) electrons. The molecular weight excluding hydrogens is 319 g/mol. The Hall–Kier alpha value is -2.40. The molecular formula is C20H25FN2O2. The molecule has 0 saturated carbocycles. The van der Waals surface area contributed by atoms with Crippen LogP contribution in [0.1, 0.15) is 30.0 Å². The second-order valence-corrected chi connectivity index (χ2v) is 5.93. The summed E-state index contributed by atoms with van der Waals surface area (Å²) in [4.78, 5) is 13.7. The van der Waals surface area contributed by atoms with E-state index in [4.69, 9.17) is 4.74 Å². The van der Waals surface area contributed by atoms with E-state index < -0.39 is 0 Å². The van der Waals surface area contributed by atoms with E-state index in [2.05, 4.69) is 12.2 Å². The zero-order chi connectivity index (χ0) is 18.1. The maximum absolute atomic E-state index is 13.7. The molecule has 0 spiro atoms. The van der Waals surface area contributed by atoms with Gasteiger partial charge in [-0.25, -0.2) is 9.18 Å². The normalized spacial score (nSPS) is 10.5. The van der Waals surface area contributed by atoms with Crippen LogP contribution in [0.3, 0.4) is 0 Å². The van der Waals surface area contributed by atoms with Crippen molar-refractivity contribution < 1.29 is 13.9 Å². The quantitative estimate of drug-likeness (QED) is 0.733. The lowest BCUT2D eigenvalue weighted by atomic mass is 10.1. The van der Waals surface area contributed by atoms with Gasteiger partial charge in [0.05, 0.1) is 6.61 Å². The molecule has 25 heavy (non-hydrogen) atoms. The number of carbonyl (C=O) groups excluding carboxylic acids is 1. The van der Waals surface area contributed by atoms with Crippen molar-refractivity contribution in [3.8, 4) is 0 Å². The molecule has 0 aliphatic rings. The van der Waals surface area contributed by atoms with E-state index in [0.29, 0.717) is 25.3 Å². The minimum absolute atomic E-state index is 0.222. The lowest BCUT2D eigenvalue weighted by Crippen LogP contribution is -2.36. The van der Waals surface area contributed by atoms with Crippen molar-refractivity contribution in [1.29, 1.82) is 0 Å². The monoisotopic (exact) mass is 344 g/mol. The highest BCUT2D eigenvalue weighted by atomic mass is 19.1. The summed E-state index contributed by atoms with van der Waals surface area (Å²) in [6.07, 6.45) is 0.972. The zero-order valence-corrected chi connectivity index (χ0v) is 14.8. The second kappa shape index (κ2) is 9.79. The molecule has 2 amide bonds. The van der Waals surface area contributed by atoms with Gasteiger partial charge in [-0.15, -0.1) is 0 Å². The Kier molecular flexibility index (Phi) is 7.41. The highest BCUT2D eigenvalue weighted by Gasteiger charge is 2.12. The molecule has 134 valence electrons. The lowest BCUT2D eigenvalue weighted by Gasteiger charge is -2.19. The second-order valence-electron chi connectivity index (χ2n) is 5.93. The van der Waals surface area contributed by atoms with Crippen molar-refractivity contribution in [2.75, 3.05) is 13.7 Å². The van der Waals surface area contributed by atoms with Crippen molar-refractivity contribution in [3.05, 3.63) is 71.0 Å². The summed E-state index contributed by atoms with van der Waals surface area (Å²) < 4.78 is 19.3. The van der Waals surface area contributed by atoms with Crippen molar-refractivity contribution in [3.63, 3.8) is 0 Å². The van der Waals surface area contributed by atoms with E-state index in [1.165, 1.54) is 11.0 Å². The predicted octanol–water partition coefficient (Wildman–Crippen LogP) is 4.09. The molecule has 0 aliphatic carbocycles. The Labute approximate surface area is 148 Å². The van der Waals surface area contributed by atoms with Crippen molar-refractivity contribution >= 4 is 6.03 Å². The molecule has 0 aromatic heterocycles. The Morgan fingerprint density at radius 2 is 1.72 bits per heavy atom. The number of urea groups is 1. The number of hydrogen-bond donors (Lipinski definition) is 1. The maximum atomic E-state index is 13.7. The average molecular weight is 344 g/mol. The van der Waals surface area contributed by atoms with Crippen LogP contribution >= 0.6 is 0 Å².